The summed E-state index contributed by atoms with van der Waals surface area (Å²) in [5, 5.41) is 23.4. The van der Waals surface area contributed by atoms with Gasteiger partial charge in [0.15, 0.2) is 0 Å². The van der Waals surface area contributed by atoms with Gasteiger partial charge in [-0.05, 0) is 64.2 Å². The van der Waals surface area contributed by atoms with Crippen molar-refractivity contribution >= 4 is 5.91 Å². The fourth-order valence-electron chi connectivity index (χ4n) is 10.1. The number of carbonyl (C=O) groups is 1. The Hall–Kier alpha value is -2.17. The van der Waals surface area contributed by atoms with Crippen molar-refractivity contribution in [3.8, 4) is 0 Å². The van der Waals surface area contributed by atoms with Crippen LogP contribution in [0.5, 0.6) is 0 Å². The van der Waals surface area contributed by atoms with E-state index in [0.29, 0.717) is 12.8 Å². The Morgan fingerprint density at radius 3 is 0.904 bits per heavy atom. The highest BCUT2D eigenvalue weighted by Gasteiger charge is 2.20. The topological polar surface area (TPSA) is 69.6 Å². The first-order valence-electron chi connectivity index (χ1n) is 32.6. The summed E-state index contributed by atoms with van der Waals surface area (Å²) in [7, 11) is 0. The maximum absolute atomic E-state index is 12.5. The van der Waals surface area contributed by atoms with Crippen LogP contribution in [0.1, 0.15) is 341 Å². The lowest BCUT2D eigenvalue weighted by atomic mass is 10.0. The number of allylic oxidation sites excluding steroid dienone is 12. The molecule has 0 spiro atoms. The zero-order chi connectivity index (χ0) is 52.7. The Balaban J connectivity index is 3.45. The van der Waals surface area contributed by atoms with Gasteiger partial charge in [0.2, 0.25) is 5.91 Å². The minimum atomic E-state index is -0.664. The van der Waals surface area contributed by atoms with E-state index in [9.17, 15) is 15.0 Å². The van der Waals surface area contributed by atoms with Crippen LogP contribution in [0.15, 0.2) is 72.9 Å². The van der Waals surface area contributed by atoms with E-state index in [4.69, 9.17) is 0 Å². The van der Waals surface area contributed by atoms with Gasteiger partial charge in [0.25, 0.3) is 0 Å². The predicted molar refractivity (Wildman–Crippen MR) is 327 cm³/mol. The normalized spacial score (nSPS) is 13.2. The lowest BCUT2D eigenvalue weighted by Crippen LogP contribution is -2.45. The lowest BCUT2D eigenvalue weighted by molar-refractivity contribution is -0.123. The van der Waals surface area contributed by atoms with Crippen LogP contribution in [0.4, 0.5) is 0 Å². The summed E-state index contributed by atoms with van der Waals surface area (Å²) in [5.41, 5.74) is 0. The zero-order valence-electron chi connectivity index (χ0n) is 49.2. The van der Waals surface area contributed by atoms with E-state index in [-0.39, 0.29) is 12.5 Å². The minimum absolute atomic E-state index is 0.0293. The van der Waals surface area contributed by atoms with E-state index in [2.05, 4.69) is 92.1 Å². The lowest BCUT2D eigenvalue weighted by Gasteiger charge is -2.22. The fourth-order valence-corrected chi connectivity index (χ4v) is 10.1. The van der Waals surface area contributed by atoms with Gasteiger partial charge in [0, 0.05) is 6.42 Å². The Labute approximate surface area is 457 Å². The Morgan fingerprint density at radius 1 is 0.342 bits per heavy atom. The molecule has 426 valence electrons. The summed E-state index contributed by atoms with van der Waals surface area (Å²) in [6.45, 7) is 4.28. The van der Waals surface area contributed by atoms with Crippen molar-refractivity contribution in [3.63, 3.8) is 0 Å². The van der Waals surface area contributed by atoms with E-state index in [0.717, 1.165) is 64.2 Å². The minimum Gasteiger partial charge on any atom is -0.394 e. The van der Waals surface area contributed by atoms with Crippen LogP contribution >= 0.6 is 0 Å². The van der Waals surface area contributed by atoms with Gasteiger partial charge in [0.1, 0.15) is 0 Å². The highest BCUT2D eigenvalue weighted by atomic mass is 16.3. The number of nitrogens with one attached hydrogen (secondary N) is 1. The van der Waals surface area contributed by atoms with Gasteiger partial charge in [-0.1, -0.05) is 344 Å². The highest BCUT2D eigenvalue weighted by molar-refractivity contribution is 5.76. The second-order valence-electron chi connectivity index (χ2n) is 22.2. The molecular formula is C69H127NO3. The quantitative estimate of drug-likeness (QED) is 0.0420. The standard InChI is InChI=1S/C69H127NO3/c1-3-5-7-9-11-13-15-17-19-21-23-25-27-29-31-33-34-35-36-37-39-41-43-45-47-49-51-53-55-57-59-61-63-65-69(73)70-67(66-71)68(72)64-62-60-58-56-54-52-50-48-46-44-42-40-38-32-30-28-26-24-22-20-18-16-14-12-10-8-6-4-2/h5,7,11,13,17,19,23,25,29,31,34-35,67-68,71-72H,3-4,6,8-10,12,14-16,18,20-22,24,26-28,30,32-33,36-66H2,1-2H3,(H,70,73)/b7-5-,13-11-,19-17-,25-23-,31-29-,35-34-. The third-order valence-electron chi connectivity index (χ3n) is 15.0. The molecule has 1 amide bonds. The number of hydrogen-bond acceptors (Lipinski definition) is 3. The molecule has 0 aromatic heterocycles. The van der Waals surface area contributed by atoms with Gasteiger partial charge in [-0.15, -0.1) is 0 Å². The smallest absolute Gasteiger partial charge is 0.220 e. The van der Waals surface area contributed by atoms with E-state index in [1.807, 2.05) is 0 Å². The van der Waals surface area contributed by atoms with Crippen LogP contribution in [-0.2, 0) is 4.79 Å². The number of aliphatic hydroxyl groups is 2. The van der Waals surface area contributed by atoms with Crippen LogP contribution in [0.3, 0.4) is 0 Å². The largest absolute Gasteiger partial charge is 0.394 e. The van der Waals surface area contributed by atoms with Gasteiger partial charge < -0.3 is 15.5 Å². The molecule has 0 rings (SSSR count). The van der Waals surface area contributed by atoms with Crippen molar-refractivity contribution in [2.24, 2.45) is 0 Å². The van der Waals surface area contributed by atoms with Crippen molar-refractivity contribution in [2.75, 3.05) is 6.61 Å². The Morgan fingerprint density at radius 2 is 0.603 bits per heavy atom. The molecule has 0 radical (unpaired) electrons. The maximum atomic E-state index is 12.5. The average Bonchev–Trinajstić information content (AvgIpc) is 3.40. The first-order valence-corrected chi connectivity index (χ1v) is 32.6. The number of aliphatic hydroxyl groups excluding tert-OH is 2. The van der Waals surface area contributed by atoms with E-state index >= 15 is 0 Å². The van der Waals surface area contributed by atoms with Crippen molar-refractivity contribution < 1.29 is 15.0 Å². The Kier molecular flexibility index (Phi) is 62.2. The van der Waals surface area contributed by atoms with Crippen molar-refractivity contribution in [1.29, 1.82) is 0 Å². The van der Waals surface area contributed by atoms with E-state index in [1.54, 1.807) is 0 Å². The maximum Gasteiger partial charge on any atom is 0.220 e. The summed E-state index contributed by atoms with van der Waals surface area (Å²) < 4.78 is 0. The predicted octanol–water partition coefficient (Wildman–Crippen LogP) is 22.1. The third-order valence-corrected chi connectivity index (χ3v) is 15.0. The summed E-state index contributed by atoms with van der Waals surface area (Å²) >= 11 is 0. The molecule has 0 aromatic carbocycles. The SMILES string of the molecule is CC/C=C\C/C=C\C/C=C\C/C=C\C/C=C\C/C=C\CCCCCCCCCCCCCCCCC(=O)NC(CO)C(O)CCCCCCCCCCCCCCCCCCCCCCCCCCCCCC. The van der Waals surface area contributed by atoms with E-state index in [1.165, 1.54) is 250 Å². The molecule has 3 N–H and O–H groups in total. The third kappa shape index (κ3) is 60.6. The van der Waals surface area contributed by atoms with Crippen LogP contribution in [0.25, 0.3) is 0 Å². The monoisotopic (exact) mass is 1020 g/mol. The summed E-state index contributed by atoms with van der Waals surface area (Å²) in [6.07, 6.45) is 92.1. The average molecular weight is 1020 g/mol. The van der Waals surface area contributed by atoms with Crippen molar-refractivity contribution in [2.45, 2.75) is 353 Å². The molecule has 0 aliphatic carbocycles. The molecule has 0 aliphatic heterocycles. The Bertz CT molecular complexity index is 1250. The van der Waals surface area contributed by atoms with E-state index < -0.39 is 12.1 Å². The molecule has 0 fully saturated rings. The van der Waals surface area contributed by atoms with Crippen LogP contribution in [0.2, 0.25) is 0 Å². The van der Waals surface area contributed by atoms with Crippen LogP contribution in [-0.4, -0.2) is 34.9 Å². The highest BCUT2D eigenvalue weighted by Crippen LogP contribution is 2.18. The molecule has 0 aliphatic rings. The molecule has 73 heavy (non-hydrogen) atoms. The molecule has 0 saturated carbocycles. The molecule has 0 heterocycles. The van der Waals surface area contributed by atoms with Crippen LogP contribution in [0, 0.1) is 0 Å². The second-order valence-corrected chi connectivity index (χ2v) is 22.2. The van der Waals surface area contributed by atoms with Gasteiger partial charge >= 0.3 is 0 Å². The molecule has 0 saturated heterocycles. The first kappa shape index (κ1) is 70.8. The number of unbranched alkanes of at least 4 members (excludes halogenated alkanes) is 41. The van der Waals surface area contributed by atoms with Crippen molar-refractivity contribution in [3.05, 3.63) is 72.9 Å². The van der Waals surface area contributed by atoms with Gasteiger partial charge in [-0.25, -0.2) is 0 Å². The van der Waals surface area contributed by atoms with Gasteiger partial charge in [-0.2, -0.15) is 0 Å². The second kappa shape index (κ2) is 64.1. The fraction of sp³-hybridized carbons (Fsp3) is 0.812. The molecule has 2 unspecified atom stereocenters. The number of carbonyl (C=O) groups excluding carboxylic acids is 1. The molecule has 4 nitrogen and oxygen atoms in total. The van der Waals surface area contributed by atoms with Gasteiger partial charge in [0.05, 0.1) is 18.8 Å². The molecule has 0 bridgehead atoms. The number of rotatable bonds is 60. The summed E-state index contributed by atoms with van der Waals surface area (Å²) in [6, 6.07) is -0.541. The zero-order valence-corrected chi connectivity index (χ0v) is 49.2. The number of hydrogen-bond donors (Lipinski definition) is 3. The van der Waals surface area contributed by atoms with Gasteiger partial charge in [-0.3, -0.25) is 4.79 Å². The van der Waals surface area contributed by atoms with Crippen molar-refractivity contribution in [1.82, 2.24) is 5.32 Å². The molecule has 4 heteroatoms. The molecular weight excluding hydrogens is 891 g/mol. The van der Waals surface area contributed by atoms with Crippen LogP contribution < -0.4 is 5.32 Å². The summed E-state index contributed by atoms with van der Waals surface area (Å²) in [4.78, 5) is 12.5. The molecule has 2 atom stereocenters. The number of amides is 1. The first-order chi connectivity index (χ1) is 36.2. The molecule has 0 aromatic rings. The summed E-state index contributed by atoms with van der Waals surface area (Å²) in [5.74, 6) is -0.0293.